The molecule has 2 N–H and O–H groups in total. The molecule has 2 atom stereocenters. The molecule has 0 saturated carbocycles. The number of amides is 1. The summed E-state index contributed by atoms with van der Waals surface area (Å²) in [6.45, 7) is 1.87. The van der Waals surface area contributed by atoms with Crippen LogP contribution < -0.4 is 10.2 Å². The van der Waals surface area contributed by atoms with Gasteiger partial charge in [-0.05, 0) is 11.6 Å². The van der Waals surface area contributed by atoms with Crippen LogP contribution in [0.1, 0.15) is 11.5 Å². The fourth-order valence-corrected chi connectivity index (χ4v) is 2.72. The van der Waals surface area contributed by atoms with E-state index in [1.54, 1.807) is 18.2 Å². The van der Waals surface area contributed by atoms with Crippen molar-refractivity contribution >= 4 is 17.6 Å². The SMILES string of the molecule is O=C(O)C1CN(C(=O)C2CNCCO2)c2ccccc21. The summed E-state index contributed by atoms with van der Waals surface area (Å²) in [5.74, 6) is -1.74. The number of hydrogen-bond donors (Lipinski definition) is 2. The van der Waals surface area contributed by atoms with Crippen LogP contribution in [0.15, 0.2) is 24.3 Å². The van der Waals surface area contributed by atoms with Gasteiger partial charge in [0.05, 0.1) is 6.61 Å². The highest BCUT2D eigenvalue weighted by atomic mass is 16.5. The number of nitrogens with zero attached hydrogens (tertiary/aromatic N) is 1. The van der Waals surface area contributed by atoms with Crippen LogP contribution in [0, 0.1) is 0 Å². The summed E-state index contributed by atoms with van der Waals surface area (Å²) in [5.41, 5.74) is 1.37. The topological polar surface area (TPSA) is 78.9 Å². The van der Waals surface area contributed by atoms with Crippen molar-refractivity contribution in [1.29, 1.82) is 0 Å². The number of morpholine rings is 1. The Bertz CT molecular complexity index is 540. The standard InChI is InChI=1S/C14H16N2O4/c17-13(12-7-15-5-6-20-12)16-8-10(14(18)19)9-3-1-2-4-11(9)16/h1-4,10,12,15H,5-8H2,(H,18,19). The monoisotopic (exact) mass is 276 g/mol. The van der Waals surface area contributed by atoms with Crippen molar-refractivity contribution in [3.8, 4) is 0 Å². The number of carbonyl (C=O) groups is 2. The van der Waals surface area contributed by atoms with Crippen LogP contribution in [-0.4, -0.2) is 49.3 Å². The summed E-state index contributed by atoms with van der Waals surface area (Å²) in [4.78, 5) is 25.4. The van der Waals surface area contributed by atoms with Crippen LogP contribution in [0.25, 0.3) is 0 Å². The molecule has 0 bridgehead atoms. The molecule has 2 unspecified atom stereocenters. The zero-order valence-corrected chi connectivity index (χ0v) is 10.9. The third-order valence-electron chi connectivity index (χ3n) is 3.74. The van der Waals surface area contributed by atoms with E-state index in [-0.39, 0.29) is 12.5 Å². The highest BCUT2D eigenvalue weighted by molar-refractivity contribution is 6.01. The van der Waals surface area contributed by atoms with Gasteiger partial charge < -0.3 is 20.1 Å². The maximum Gasteiger partial charge on any atom is 0.312 e. The molecule has 0 aromatic heterocycles. The van der Waals surface area contributed by atoms with E-state index in [9.17, 15) is 14.7 Å². The first-order chi connectivity index (χ1) is 9.68. The first-order valence-electron chi connectivity index (χ1n) is 6.64. The molecule has 1 fully saturated rings. The lowest BCUT2D eigenvalue weighted by molar-refractivity contribution is -0.138. The molecule has 1 aromatic carbocycles. The van der Waals surface area contributed by atoms with Crippen LogP contribution in [0.4, 0.5) is 5.69 Å². The van der Waals surface area contributed by atoms with Crippen molar-refractivity contribution in [2.45, 2.75) is 12.0 Å². The molecular formula is C14H16N2O4. The van der Waals surface area contributed by atoms with Crippen LogP contribution in [0.2, 0.25) is 0 Å². The van der Waals surface area contributed by atoms with E-state index in [4.69, 9.17) is 4.74 Å². The summed E-state index contributed by atoms with van der Waals surface area (Å²) >= 11 is 0. The molecule has 1 saturated heterocycles. The molecule has 106 valence electrons. The molecule has 2 heterocycles. The number of aliphatic carboxylic acids is 1. The molecule has 0 spiro atoms. The lowest BCUT2D eigenvalue weighted by Crippen LogP contribution is -2.49. The second-order valence-corrected chi connectivity index (χ2v) is 4.96. The molecule has 6 nitrogen and oxygen atoms in total. The van der Waals surface area contributed by atoms with Gasteiger partial charge in [0, 0.05) is 25.3 Å². The summed E-state index contributed by atoms with van der Waals surface area (Å²) in [5, 5.41) is 12.4. The molecule has 0 aliphatic carbocycles. The second-order valence-electron chi connectivity index (χ2n) is 4.96. The fourth-order valence-electron chi connectivity index (χ4n) is 2.72. The summed E-state index contributed by atoms with van der Waals surface area (Å²) in [6, 6.07) is 7.15. The minimum Gasteiger partial charge on any atom is -0.481 e. The average molecular weight is 276 g/mol. The highest BCUT2D eigenvalue weighted by Crippen LogP contribution is 2.36. The van der Waals surface area contributed by atoms with E-state index in [2.05, 4.69) is 5.32 Å². The average Bonchev–Trinajstić information content (AvgIpc) is 2.87. The quantitative estimate of drug-likeness (QED) is 0.806. The number of fused-ring (bicyclic) bond motifs is 1. The van der Waals surface area contributed by atoms with Crippen molar-refractivity contribution in [2.24, 2.45) is 0 Å². The highest BCUT2D eigenvalue weighted by Gasteiger charge is 2.39. The molecule has 6 heteroatoms. The normalized spacial score (nSPS) is 25.3. The van der Waals surface area contributed by atoms with Gasteiger partial charge in [0.15, 0.2) is 0 Å². The molecule has 1 aromatic rings. The number of nitrogens with one attached hydrogen (secondary N) is 1. The Hall–Kier alpha value is -1.92. The summed E-state index contributed by atoms with van der Waals surface area (Å²) < 4.78 is 5.46. The Morgan fingerprint density at radius 2 is 2.15 bits per heavy atom. The molecule has 3 rings (SSSR count). The van der Waals surface area contributed by atoms with Crippen molar-refractivity contribution in [3.05, 3.63) is 29.8 Å². The zero-order valence-electron chi connectivity index (χ0n) is 10.9. The van der Waals surface area contributed by atoms with Gasteiger partial charge in [0.25, 0.3) is 5.91 Å². The first-order valence-corrected chi connectivity index (χ1v) is 6.64. The number of benzene rings is 1. The Morgan fingerprint density at radius 1 is 1.35 bits per heavy atom. The Morgan fingerprint density at radius 3 is 2.85 bits per heavy atom. The number of anilines is 1. The second kappa shape index (κ2) is 5.22. The van der Waals surface area contributed by atoms with Crippen molar-refractivity contribution < 1.29 is 19.4 Å². The van der Waals surface area contributed by atoms with Crippen molar-refractivity contribution in [1.82, 2.24) is 5.32 Å². The number of para-hydroxylation sites is 1. The van der Waals surface area contributed by atoms with Crippen LogP contribution in [0.5, 0.6) is 0 Å². The van der Waals surface area contributed by atoms with Crippen LogP contribution in [0.3, 0.4) is 0 Å². The number of rotatable bonds is 2. The number of carbonyl (C=O) groups excluding carboxylic acids is 1. The van der Waals surface area contributed by atoms with E-state index in [0.29, 0.717) is 24.4 Å². The van der Waals surface area contributed by atoms with Gasteiger partial charge in [0.1, 0.15) is 12.0 Å². The largest absolute Gasteiger partial charge is 0.481 e. The predicted molar refractivity (Wildman–Crippen MR) is 71.8 cm³/mol. The predicted octanol–water partition coefficient (Wildman–Crippen LogP) is 0.190. The lowest BCUT2D eigenvalue weighted by Gasteiger charge is -2.27. The molecule has 2 aliphatic heterocycles. The maximum absolute atomic E-state index is 12.5. The third-order valence-corrected chi connectivity index (χ3v) is 3.74. The number of ether oxygens (including phenoxy) is 1. The van der Waals surface area contributed by atoms with E-state index >= 15 is 0 Å². The maximum atomic E-state index is 12.5. The Labute approximate surface area is 116 Å². The van der Waals surface area contributed by atoms with E-state index in [0.717, 1.165) is 6.54 Å². The number of carboxylic acid groups (broad SMARTS) is 1. The Kier molecular flexibility index (Phi) is 3.42. The summed E-state index contributed by atoms with van der Waals surface area (Å²) in [7, 11) is 0. The fraction of sp³-hybridized carbons (Fsp3) is 0.429. The van der Waals surface area contributed by atoms with E-state index in [1.807, 2.05) is 6.07 Å². The van der Waals surface area contributed by atoms with Gasteiger partial charge in [0.2, 0.25) is 0 Å². The van der Waals surface area contributed by atoms with E-state index in [1.165, 1.54) is 4.90 Å². The van der Waals surface area contributed by atoms with Gasteiger partial charge in [-0.25, -0.2) is 0 Å². The molecule has 0 radical (unpaired) electrons. The molecular weight excluding hydrogens is 260 g/mol. The lowest BCUT2D eigenvalue weighted by atomic mass is 10.0. The minimum atomic E-state index is -0.907. The zero-order chi connectivity index (χ0) is 14.1. The molecule has 2 aliphatic rings. The third kappa shape index (κ3) is 2.17. The van der Waals surface area contributed by atoms with Gasteiger partial charge in [-0.15, -0.1) is 0 Å². The summed E-state index contributed by atoms with van der Waals surface area (Å²) in [6.07, 6.45) is -0.538. The van der Waals surface area contributed by atoms with Crippen molar-refractivity contribution in [2.75, 3.05) is 31.1 Å². The smallest absolute Gasteiger partial charge is 0.312 e. The number of carboxylic acids is 1. The number of hydrogen-bond acceptors (Lipinski definition) is 4. The van der Waals surface area contributed by atoms with Gasteiger partial charge >= 0.3 is 5.97 Å². The van der Waals surface area contributed by atoms with Gasteiger partial charge in [-0.3, -0.25) is 9.59 Å². The van der Waals surface area contributed by atoms with Crippen LogP contribution in [-0.2, 0) is 14.3 Å². The first kappa shape index (κ1) is 13.1. The van der Waals surface area contributed by atoms with Gasteiger partial charge in [-0.2, -0.15) is 0 Å². The van der Waals surface area contributed by atoms with Crippen molar-refractivity contribution in [3.63, 3.8) is 0 Å². The van der Waals surface area contributed by atoms with Crippen LogP contribution >= 0.6 is 0 Å². The van der Waals surface area contributed by atoms with Gasteiger partial charge in [-0.1, -0.05) is 18.2 Å². The Balaban J connectivity index is 1.87. The van der Waals surface area contributed by atoms with E-state index < -0.39 is 18.0 Å². The molecule has 20 heavy (non-hydrogen) atoms. The minimum absolute atomic E-state index is 0.173. The molecule has 1 amide bonds.